The summed E-state index contributed by atoms with van der Waals surface area (Å²) in [6, 6.07) is 50.8. The first-order valence-corrected chi connectivity index (χ1v) is 42.5. The Hall–Kier alpha value is -13.4. The molecule has 5 aromatic heterocycles. The summed E-state index contributed by atoms with van der Waals surface area (Å²) < 4.78 is 129. The van der Waals surface area contributed by atoms with Crippen molar-refractivity contribution >= 4 is 138 Å². The number of aliphatic hydroxyl groups is 1. The molecule has 0 unspecified atom stereocenters. The van der Waals surface area contributed by atoms with E-state index in [2.05, 4.69) is 15.3 Å². The fourth-order valence-corrected chi connectivity index (χ4v) is 18.5. The Bertz CT molecular complexity index is 6620. The van der Waals surface area contributed by atoms with Crippen molar-refractivity contribution in [2.24, 2.45) is 5.73 Å². The van der Waals surface area contributed by atoms with Crippen LogP contribution in [0.2, 0.25) is 0 Å². The minimum atomic E-state index is -4.04. The van der Waals surface area contributed by atoms with Crippen LogP contribution in [-0.2, 0) is 74.1 Å². The lowest BCUT2D eigenvalue weighted by atomic mass is 9.92. The highest BCUT2D eigenvalue weighted by Crippen LogP contribution is 2.39. The summed E-state index contributed by atoms with van der Waals surface area (Å²) in [4.78, 5) is 120. The second kappa shape index (κ2) is 32.6. The fourth-order valence-electron chi connectivity index (χ4n) is 12.7. The molecule has 0 fully saturated rings. The van der Waals surface area contributed by atoms with Crippen molar-refractivity contribution in [1.82, 2.24) is 35.5 Å². The number of fused-ring (bicyclic) bond motifs is 5. The molecular formula is C81H63N9O21S5. The third-order valence-electron chi connectivity index (χ3n) is 18.1. The molecule has 3 N–H and O–H groups in total. The zero-order chi connectivity index (χ0) is 83.7. The average molecular weight is 1660 g/mol. The maximum atomic E-state index is 13.2. The Morgan fingerprint density at radius 1 is 0.353 bits per heavy atom. The van der Waals surface area contributed by atoms with Crippen molar-refractivity contribution in [2.45, 2.75) is 30.6 Å². The minimum Gasteiger partial charge on any atom is -0.395 e. The number of aryl methyl sites for hydroxylation is 1. The van der Waals surface area contributed by atoms with Gasteiger partial charge in [0, 0.05) is 46.8 Å². The van der Waals surface area contributed by atoms with Crippen LogP contribution >= 0.6 is 0 Å². The average Bonchev–Trinajstić information content (AvgIpc) is 1.58. The molecule has 16 rings (SSSR count). The molecule has 588 valence electrons. The highest BCUT2D eigenvalue weighted by Gasteiger charge is 2.40. The van der Waals surface area contributed by atoms with Gasteiger partial charge in [-0.1, -0.05) is 158 Å². The zero-order valence-corrected chi connectivity index (χ0v) is 65.3. The molecule has 0 saturated carbocycles. The summed E-state index contributed by atoms with van der Waals surface area (Å²) in [7, 11) is -19.2. The number of carbonyl (C=O) groups excluding carboxylic acids is 10. The molecule has 5 aliphatic carbocycles. The number of nitrogens with zero attached hydrogens (tertiary/aromatic N) is 8. The molecule has 0 atom stereocenters. The SMILES string of the molecule is CC1=CC(=O)C(=O)c2c(-c3ccccc3)nn(S(=O)(=O)c3ccccc3)c21.CC1=Cc2c(c(-c3ccccc3)nn2S(=O)(=O)c2ccccc2)C(=O)C1=O.Cc1nn(S(C)(=O)=O)c2c1C(=O)C(=O)C=C2.NCCS(=O)(=O)n1cc(-c2ccccc2)c2c1C=CC(=O)C2=O.O=C1C=Cc2c(c(-c3ccccc3)cn2S(=O)(=O)CCO)C1=O. The standard InChI is InChI=1S/2C20H14N2O4S.C16H14N2O4S.C16H13NO5S.C9H8N2O4S/c1-13-12-16(23)20(24)17-18(14-8-4-2-5-9-14)21-22(19(13)17)27(25,26)15-10-6-3-7-11-15;1-13-12-16-17(20(24)19(13)23)18(14-8-4-2-5-9-14)21-22(16)27(25,26)15-10-6-3-7-11-15;17-8-9-23(21,22)18-10-12(11-4-2-1-3-5-11)15-13(18)6-7-14(19)16(15)20;18-8-9-23(21,22)17-10-12(11-4-2-1-3-5-11)15-13(17)6-7-14(19)16(15)20;1-5-8-6(3-4-7(12)9(8)13)11(10-5)16(2,14)15/h2*2-12H,1H3;1-7,10H,8-9,17H2;1-7,10,18H,8-9H2;3-4H,1-2H3. The van der Waals surface area contributed by atoms with Crippen LogP contribution in [0.15, 0.2) is 234 Å². The molecule has 0 aliphatic heterocycles. The van der Waals surface area contributed by atoms with Gasteiger partial charge in [-0.25, -0.2) is 33.2 Å². The molecular weight excluding hydrogens is 1600 g/mol. The second-order valence-electron chi connectivity index (χ2n) is 25.8. The smallest absolute Gasteiger partial charge is 0.283 e. The normalized spacial score (nSPS) is 14.3. The van der Waals surface area contributed by atoms with Crippen molar-refractivity contribution in [3.63, 3.8) is 0 Å². The first-order valence-electron chi connectivity index (χ1n) is 34.6. The third kappa shape index (κ3) is 15.8. The van der Waals surface area contributed by atoms with Gasteiger partial charge in [0.25, 0.3) is 30.1 Å². The number of allylic oxidation sites excluding steroid dienone is 6. The van der Waals surface area contributed by atoms with Crippen molar-refractivity contribution in [1.29, 1.82) is 0 Å². The Kier molecular flexibility index (Phi) is 23.0. The number of aliphatic hydroxyl groups excluding tert-OH is 1. The second-order valence-corrected chi connectivity index (χ2v) is 35.1. The zero-order valence-electron chi connectivity index (χ0n) is 61.2. The Balaban J connectivity index is 0.000000135. The van der Waals surface area contributed by atoms with Crippen molar-refractivity contribution in [3.05, 3.63) is 286 Å². The van der Waals surface area contributed by atoms with Gasteiger partial charge in [0.15, 0.2) is 0 Å². The van der Waals surface area contributed by atoms with Crippen molar-refractivity contribution < 1.29 is 95.1 Å². The van der Waals surface area contributed by atoms with Gasteiger partial charge in [0.1, 0.15) is 11.4 Å². The molecule has 0 saturated heterocycles. The number of hydrogen-bond acceptors (Lipinski definition) is 25. The molecule has 30 nitrogen and oxygen atoms in total. The lowest BCUT2D eigenvalue weighted by molar-refractivity contribution is -0.112. The third-order valence-corrected chi connectivity index (χ3v) is 25.5. The predicted octanol–water partition coefficient (Wildman–Crippen LogP) is 7.86. The maximum Gasteiger partial charge on any atom is 0.283 e. The monoisotopic (exact) mass is 1660 g/mol. The van der Waals surface area contributed by atoms with E-state index < -0.39 is 120 Å². The summed E-state index contributed by atoms with van der Waals surface area (Å²) in [6.07, 6.45) is 13.4. The molecule has 5 heterocycles. The van der Waals surface area contributed by atoms with Crippen LogP contribution < -0.4 is 5.73 Å². The van der Waals surface area contributed by atoms with Gasteiger partial charge in [-0.2, -0.15) is 44.4 Å². The predicted molar refractivity (Wildman–Crippen MR) is 426 cm³/mol. The Morgan fingerprint density at radius 2 is 0.724 bits per heavy atom. The van der Waals surface area contributed by atoms with Gasteiger partial charge in [-0.3, -0.25) is 47.9 Å². The van der Waals surface area contributed by atoms with Crippen LogP contribution in [0.3, 0.4) is 0 Å². The van der Waals surface area contributed by atoms with E-state index in [0.29, 0.717) is 39.0 Å². The van der Waals surface area contributed by atoms with Gasteiger partial charge >= 0.3 is 0 Å². The van der Waals surface area contributed by atoms with Gasteiger partial charge in [-0.05, 0) is 110 Å². The summed E-state index contributed by atoms with van der Waals surface area (Å²) in [5, 5.41) is 21.2. The first kappa shape index (κ1) is 82.0. The number of rotatable bonds is 15. The Labute approximate surface area is 662 Å². The lowest BCUT2D eigenvalue weighted by Crippen LogP contribution is -2.24. The van der Waals surface area contributed by atoms with Gasteiger partial charge in [0.05, 0.1) is 96.1 Å². The van der Waals surface area contributed by atoms with Gasteiger partial charge < -0.3 is 10.8 Å². The molecule has 116 heavy (non-hydrogen) atoms. The van der Waals surface area contributed by atoms with Crippen LogP contribution in [0, 0.1) is 6.92 Å². The van der Waals surface area contributed by atoms with Crippen LogP contribution in [0.4, 0.5) is 0 Å². The minimum absolute atomic E-state index is 0.0105. The van der Waals surface area contributed by atoms with Crippen molar-refractivity contribution in [3.8, 4) is 44.8 Å². The lowest BCUT2D eigenvalue weighted by Gasteiger charge is -2.13. The van der Waals surface area contributed by atoms with Crippen molar-refractivity contribution in [2.75, 3.05) is 30.9 Å². The molecule has 11 aromatic rings. The molecule has 0 bridgehead atoms. The van der Waals surface area contributed by atoms with Crippen LogP contribution in [0.5, 0.6) is 0 Å². The van der Waals surface area contributed by atoms with E-state index in [1.54, 1.807) is 159 Å². The largest absolute Gasteiger partial charge is 0.395 e. The quantitative estimate of drug-likeness (QED) is 0.0921. The maximum absolute atomic E-state index is 13.2. The summed E-state index contributed by atoms with van der Waals surface area (Å²) in [5.74, 6) is -7.75. The molecule has 5 aliphatic rings. The van der Waals surface area contributed by atoms with E-state index >= 15 is 0 Å². The van der Waals surface area contributed by atoms with E-state index in [1.165, 1.54) is 74.8 Å². The molecule has 35 heteroatoms. The number of ketones is 10. The van der Waals surface area contributed by atoms with Crippen LogP contribution in [0.1, 0.15) is 99.8 Å². The van der Waals surface area contributed by atoms with E-state index in [4.69, 9.17) is 10.8 Å². The first-order chi connectivity index (χ1) is 55.0. The summed E-state index contributed by atoms with van der Waals surface area (Å²) in [6.45, 7) is 4.00. The molecule has 0 radical (unpaired) electrons. The number of hydrogen-bond donors (Lipinski definition) is 2. The van der Waals surface area contributed by atoms with E-state index in [9.17, 15) is 90.0 Å². The van der Waals surface area contributed by atoms with E-state index in [1.807, 2.05) is 6.07 Å². The number of carbonyl (C=O) groups is 10. The number of benzene rings is 6. The topological polar surface area (TPSA) is 451 Å². The van der Waals surface area contributed by atoms with Crippen LogP contribution in [-0.4, -0.2) is 171 Å². The number of Topliss-reactive ketones (excluding diaryl/α,β-unsaturated/α-hetero) is 6. The van der Waals surface area contributed by atoms with E-state index in [-0.39, 0.29) is 101 Å². The highest BCUT2D eigenvalue weighted by molar-refractivity contribution is 7.91. The number of nitrogens with two attached hydrogens (primary N) is 1. The molecule has 0 amide bonds. The highest BCUT2D eigenvalue weighted by atomic mass is 32.2. The van der Waals surface area contributed by atoms with Crippen LogP contribution in [0.25, 0.3) is 74.6 Å². The molecule has 6 aromatic carbocycles. The van der Waals surface area contributed by atoms with E-state index in [0.717, 1.165) is 50.8 Å². The van der Waals surface area contributed by atoms with Gasteiger partial charge in [-0.15, -0.1) is 0 Å². The number of aromatic nitrogens is 8. The molecule has 0 spiro atoms. The summed E-state index contributed by atoms with van der Waals surface area (Å²) >= 11 is 0. The summed E-state index contributed by atoms with van der Waals surface area (Å²) in [5.41, 5.74) is 10.7. The fraction of sp³-hybridized carbons (Fsp3) is 0.0988. The van der Waals surface area contributed by atoms with Gasteiger partial charge in [0.2, 0.25) is 77.9 Å². The Morgan fingerprint density at radius 3 is 1.15 bits per heavy atom.